The molecule has 6 nitrogen and oxygen atoms in total. The Morgan fingerprint density at radius 2 is 1.74 bits per heavy atom. The highest BCUT2D eigenvalue weighted by molar-refractivity contribution is 9.10. The van der Waals surface area contributed by atoms with Crippen LogP contribution in [0.2, 0.25) is 0 Å². The summed E-state index contributed by atoms with van der Waals surface area (Å²) in [5.74, 6) is 0.765. The van der Waals surface area contributed by atoms with Crippen molar-refractivity contribution in [3.8, 4) is 17.0 Å². The Morgan fingerprint density at radius 3 is 2.44 bits per heavy atom. The second kappa shape index (κ2) is 7.20. The third-order valence-electron chi connectivity index (χ3n) is 4.12. The van der Waals surface area contributed by atoms with Crippen LogP contribution < -0.4 is 4.74 Å². The summed E-state index contributed by atoms with van der Waals surface area (Å²) >= 11 is 3.41. The maximum absolute atomic E-state index is 10.9. The van der Waals surface area contributed by atoms with E-state index < -0.39 is 4.92 Å². The molecule has 4 rings (SSSR count). The lowest BCUT2D eigenvalue weighted by Gasteiger charge is -2.07. The van der Waals surface area contributed by atoms with E-state index in [1.807, 2.05) is 48.5 Å². The van der Waals surface area contributed by atoms with Gasteiger partial charge in [0, 0.05) is 22.3 Å². The lowest BCUT2D eigenvalue weighted by molar-refractivity contribution is -0.385. The van der Waals surface area contributed by atoms with Crippen molar-refractivity contribution in [3.05, 3.63) is 93.2 Å². The van der Waals surface area contributed by atoms with Crippen LogP contribution in [0.5, 0.6) is 5.75 Å². The molecule has 2 aromatic heterocycles. The fourth-order valence-electron chi connectivity index (χ4n) is 2.70. The lowest BCUT2D eigenvalue weighted by Crippen LogP contribution is -1.94. The molecule has 7 heteroatoms. The highest BCUT2D eigenvalue weighted by Gasteiger charge is 2.09. The van der Waals surface area contributed by atoms with E-state index in [0.717, 1.165) is 27.0 Å². The number of hydrogen-bond donors (Lipinski definition) is 0. The molecule has 0 radical (unpaired) electrons. The van der Waals surface area contributed by atoms with Gasteiger partial charge in [0.1, 0.15) is 18.0 Å². The van der Waals surface area contributed by atoms with Gasteiger partial charge in [0.2, 0.25) is 0 Å². The van der Waals surface area contributed by atoms with E-state index in [1.165, 1.54) is 12.3 Å². The number of nitrogens with zero attached hydrogens (tertiary/aromatic N) is 3. The minimum atomic E-state index is -0.420. The third kappa shape index (κ3) is 3.83. The molecule has 0 N–H and O–H groups in total. The summed E-state index contributed by atoms with van der Waals surface area (Å²) in [5.41, 5.74) is 3.44. The monoisotopic (exact) mass is 423 g/mol. The van der Waals surface area contributed by atoms with Gasteiger partial charge < -0.3 is 4.74 Å². The number of benzene rings is 2. The van der Waals surface area contributed by atoms with Crippen molar-refractivity contribution in [1.29, 1.82) is 0 Å². The van der Waals surface area contributed by atoms with Crippen molar-refractivity contribution in [2.24, 2.45) is 0 Å². The number of rotatable bonds is 5. The van der Waals surface area contributed by atoms with Gasteiger partial charge in [-0.05, 0) is 48.0 Å². The van der Waals surface area contributed by atoms with Crippen LogP contribution >= 0.6 is 15.9 Å². The summed E-state index contributed by atoms with van der Waals surface area (Å²) in [5, 5.41) is 10.9. The van der Waals surface area contributed by atoms with Gasteiger partial charge in [0.25, 0.3) is 5.69 Å². The van der Waals surface area contributed by atoms with Crippen molar-refractivity contribution in [3.63, 3.8) is 0 Å². The van der Waals surface area contributed by atoms with Gasteiger partial charge in [-0.15, -0.1) is 0 Å². The first-order valence-electron chi connectivity index (χ1n) is 8.19. The van der Waals surface area contributed by atoms with Crippen molar-refractivity contribution in [2.45, 2.75) is 6.61 Å². The summed E-state index contributed by atoms with van der Waals surface area (Å²) < 4.78 is 8.50. The molecular formula is C20H14BrN3O3. The topological polar surface area (TPSA) is 69.7 Å². The van der Waals surface area contributed by atoms with Gasteiger partial charge in [-0.1, -0.05) is 28.1 Å². The van der Waals surface area contributed by atoms with E-state index in [9.17, 15) is 10.1 Å². The Balaban J connectivity index is 1.50. The van der Waals surface area contributed by atoms with Gasteiger partial charge in [0.15, 0.2) is 0 Å². The fraction of sp³-hybridized carbons (Fsp3) is 0.0500. The predicted octanol–water partition coefficient (Wildman–Crippen LogP) is 5.25. The number of halogens is 1. The van der Waals surface area contributed by atoms with E-state index >= 15 is 0 Å². The molecule has 0 amide bonds. The van der Waals surface area contributed by atoms with Crippen LogP contribution in [-0.2, 0) is 6.61 Å². The van der Waals surface area contributed by atoms with Crippen molar-refractivity contribution < 1.29 is 9.66 Å². The predicted molar refractivity (Wildman–Crippen MR) is 106 cm³/mol. The zero-order valence-corrected chi connectivity index (χ0v) is 15.7. The first kappa shape index (κ1) is 17.2. The summed E-state index contributed by atoms with van der Waals surface area (Å²) in [4.78, 5) is 15.0. The van der Waals surface area contributed by atoms with Crippen molar-refractivity contribution in [2.75, 3.05) is 0 Å². The zero-order chi connectivity index (χ0) is 18.8. The van der Waals surface area contributed by atoms with E-state index in [-0.39, 0.29) is 5.69 Å². The molecule has 0 spiro atoms. The Bertz CT molecular complexity index is 1110. The molecule has 27 heavy (non-hydrogen) atoms. The largest absolute Gasteiger partial charge is 0.489 e. The number of hydrogen-bond acceptors (Lipinski definition) is 4. The second-order valence-corrected chi connectivity index (χ2v) is 6.89. The number of aromatic nitrogens is 2. The number of ether oxygens (including phenoxy) is 1. The average molecular weight is 424 g/mol. The van der Waals surface area contributed by atoms with E-state index in [4.69, 9.17) is 4.74 Å². The van der Waals surface area contributed by atoms with Gasteiger partial charge in [-0.25, -0.2) is 4.98 Å². The minimum Gasteiger partial charge on any atom is -0.489 e. The molecule has 0 aliphatic rings. The maximum Gasteiger partial charge on any atom is 0.286 e. The van der Waals surface area contributed by atoms with Gasteiger partial charge >= 0.3 is 0 Å². The lowest BCUT2D eigenvalue weighted by atomic mass is 10.1. The molecule has 0 aliphatic heterocycles. The highest BCUT2D eigenvalue weighted by Crippen LogP contribution is 2.24. The summed E-state index contributed by atoms with van der Waals surface area (Å²) in [6, 6.07) is 18.7. The van der Waals surface area contributed by atoms with Crippen molar-refractivity contribution in [1.82, 2.24) is 9.38 Å². The Kier molecular flexibility index (Phi) is 4.60. The molecule has 2 heterocycles. The summed E-state index contributed by atoms with van der Waals surface area (Å²) in [6.07, 6.45) is 3.24. The van der Waals surface area contributed by atoms with E-state index in [2.05, 4.69) is 20.9 Å². The Morgan fingerprint density at radius 1 is 1.00 bits per heavy atom. The first-order valence-corrected chi connectivity index (χ1v) is 8.99. The molecule has 0 aliphatic carbocycles. The maximum atomic E-state index is 10.9. The first-order chi connectivity index (χ1) is 13.1. The molecular weight excluding hydrogens is 410 g/mol. The summed E-state index contributed by atoms with van der Waals surface area (Å²) in [7, 11) is 0. The SMILES string of the molecule is O=[N+]([O-])c1ccc2nc(-c3ccc(OCc4ccc(Br)cc4)cc3)cn2c1. The van der Waals surface area contributed by atoms with Gasteiger partial charge in [-0.2, -0.15) is 0 Å². The molecule has 4 aromatic rings. The highest BCUT2D eigenvalue weighted by atomic mass is 79.9. The molecule has 0 saturated heterocycles. The minimum absolute atomic E-state index is 0.0307. The average Bonchev–Trinajstić information content (AvgIpc) is 3.11. The number of nitro groups is 1. The smallest absolute Gasteiger partial charge is 0.286 e. The van der Waals surface area contributed by atoms with Crippen LogP contribution in [0.3, 0.4) is 0 Å². The quantitative estimate of drug-likeness (QED) is 0.324. The molecule has 0 atom stereocenters. The van der Waals surface area contributed by atoms with Crippen LogP contribution in [0.25, 0.3) is 16.9 Å². The fourth-order valence-corrected chi connectivity index (χ4v) is 2.96. The molecule has 0 saturated carbocycles. The van der Waals surface area contributed by atoms with Crippen LogP contribution in [0.15, 0.2) is 77.5 Å². The zero-order valence-electron chi connectivity index (χ0n) is 14.1. The van der Waals surface area contributed by atoms with E-state index in [0.29, 0.717) is 12.3 Å². The molecule has 2 aromatic carbocycles. The second-order valence-electron chi connectivity index (χ2n) is 5.98. The van der Waals surface area contributed by atoms with Crippen LogP contribution in [0, 0.1) is 10.1 Å². The summed E-state index contributed by atoms with van der Waals surface area (Å²) in [6.45, 7) is 0.491. The number of imidazole rings is 1. The standard InChI is InChI=1S/C20H14BrN3O3/c21-16-5-1-14(2-6-16)13-27-18-8-3-15(4-9-18)19-12-23-11-17(24(25)26)7-10-20(23)22-19/h1-12H,13H2. The molecule has 0 unspecified atom stereocenters. The third-order valence-corrected chi connectivity index (χ3v) is 4.64. The Labute approximate surface area is 163 Å². The number of fused-ring (bicyclic) bond motifs is 1. The molecule has 134 valence electrons. The van der Waals surface area contributed by atoms with Gasteiger partial charge in [0.05, 0.1) is 16.8 Å². The van der Waals surface area contributed by atoms with Gasteiger partial charge in [-0.3, -0.25) is 14.5 Å². The Hall–Kier alpha value is -3.19. The van der Waals surface area contributed by atoms with Crippen LogP contribution in [-0.4, -0.2) is 14.3 Å². The van der Waals surface area contributed by atoms with Crippen LogP contribution in [0.4, 0.5) is 5.69 Å². The van der Waals surface area contributed by atoms with Crippen molar-refractivity contribution >= 4 is 27.3 Å². The molecule has 0 fully saturated rings. The van der Waals surface area contributed by atoms with Crippen LogP contribution in [0.1, 0.15) is 5.56 Å². The normalized spacial score (nSPS) is 10.9. The molecule has 0 bridgehead atoms. The number of pyridine rings is 1. The van der Waals surface area contributed by atoms with E-state index in [1.54, 1.807) is 16.7 Å².